The molecule has 0 saturated heterocycles. The summed E-state index contributed by atoms with van der Waals surface area (Å²) < 4.78 is 93.6. The lowest BCUT2D eigenvalue weighted by molar-refractivity contribution is -0.140. The number of halogens is 6. The number of hydrazine groups is 1. The maximum absolute atomic E-state index is 14.0. The molecule has 1 aliphatic rings. The van der Waals surface area contributed by atoms with Crippen molar-refractivity contribution in [1.29, 1.82) is 0 Å². The number of benzene rings is 3. The summed E-state index contributed by atoms with van der Waals surface area (Å²) in [5, 5.41) is 2.27. The van der Waals surface area contributed by atoms with E-state index in [4.69, 9.17) is 11.6 Å². The first kappa shape index (κ1) is 23.9. The molecule has 34 heavy (non-hydrogen) atoms. The van der Waals surface area contributed by atoms with E-state index in [1.54, 1.807) is 0 Å². The van der Waals surface area contributed by atoms with Crippen molar-refractivity contribution in [2.75, 3.05) is 9.73 Å². The Balaban J connectivity index is 1.68. The zero-order valence-corrected chi connectivity index (χ0v) is 18.3. The fraction of sp³-hybridized carbons (Fsp3) is 0.0952. The molecular formula is C21H13ClF5N3O3S. The van der Waals surface area contributed by atoms with Crippen LogP contribution in [-0.4, -0.2) is 14.3 Å². The third-order valence-corrected chi connectivity index (χ3v) is 6.92. The van der Waals surface area contributed by atoms with Gasteiger partial charge < -0.3 is 5.32 Å². The number of amides is 1. The third kappa shape index (κ3) is 4.31. The van der Waals surface area contributed by atoms with Gasteiger partial charge >= 0.3 is 6.18 Å². The molecule has 6 nitrogen and oxygen atoms in total. The van der Waals surface area contributed by atoms with Gasteiger partial charge in [0, 0.05) is 12.2 Å². The van der Waals surface area contributed by atoms with Crippen LogP contribution in [0.3, 0.4) is 0 Å². The van der Waals surface area contributed by atoms with E-state index in [-0.39, 0.29) is 29.0 Å². The van der Waals surface area contributed by atoms with Gasteiger partial charge in [-0.3, -0.25) is 4.79 Å². The Morgan fingerprint density at radius 3 is 2.44 bits per heavy atom. The summed E-state index contributed by atoms with van der Waals surface area (Å²) >= 11 is 5.89. The first-order valence-corrected chi connectivity index (χ1v) is 11.3. The largest absolute Gasteiger partial charge is 0.419 e. The summed E-state index contributed by atoms with van der Waals surface area (Å²) in [4.78, 5) is 11.7. The van der Waals surface area contributed by atoms with E-state index in [0.717, 1.165) is 6.07 Å². The normalized spacial score (nSPS) is 13.6. The number of carbonyl (C=O) groups excluding carboxylic acids is 1. The highest BCUT2D eigenvalue weighted by Gasteiger charge is 2.37. The SMILES string of the molecule is O=C(Nc1ccc2c(c1)N(S(=O)(=O)c1ccc(F)c(C(F)(F)F)c1)NC2)c1c(F)cccc1Cl. The zero-order chi connectivity index (χ0) is 24.8. The average molecular weight is 518 g/mol. The highest BCUT2D eigenvalue weighted by molar-refractivity contribution is 7.92. The van der Waals surface area contributed by atoms with E-state index in [1.807, 2.05) is 0 Å². The van der Waals surface area contributed by atoms with Crippen LogP contribution in [0, 0.1) is 11.6 Å². The second-order valence-electron chi connectivity index (χ2n) is 7.14. The fourth-order valence-corrected chi connectivity index (χ4v) is 4.96. The minimum absolute atomic E-state index is 0.00918. The summed E-state index contributed by atoms with van der Waals surface area (Å²) in [7, 11) is -4.60. The van der Waals surface area contributed by atoms with Crippen molar-refractivity contribution < 1.29 is 35.2 Å². The Hall–Kier alpha value is -3.22. The molecule has 0 unspecified atom stereocenters. The number of rotatable bonds is 4. The van der Waals surface area contributed by atoms with Gasteiger partial charge in [0.05, 0.1) is 26.7 Å². The second kappa shape index (κ2) is 8.53. The molecule has 4 rings (SSSR count). The highest BCUT2D eigenvalue weighted by Crippen LogP contribution is 2.36. The quantitative estimate of drug-likeness (QED) is 0.472. The number of carbonyl (C=O) groups is 1. The minimum Gasteiger partial charge on any atom is -0.322 e. The summed E-state index contributed by atoms with van der Waals surface area (Å²) in [5.41, 5.74) is 0.925. The van der Waals surface area contributed by atoms with E-state index in [1.165, 1.54) is 30.3 Å². The van der Waals surface area contributed by atoms with E-state index in [9.17, 15) is 35.2 Å². The van der Waals surface area contributed by atoms with E-state index in [2.05, 4.69) is 10.7 Å². The summed E-state index contributed by atoms with van der Waals surface area (Å²) in [5.74, 6) is -3.37. The van der Waals surface area contributed by atoms with Crippen LogP contribution in [0.4, 0.5) is 33.3 Å². The van der Waals surface area contributed by atoms with Crippen LogP contribution in [0.15, 0.2) is 59.5 Å². The van der Waals surface area contributed by atoms with E-state index >= 15 is 0 Å². The molecule has 3 aromatic carbocycles. The molecular weight excluding hydrogens is 505 g/mol. The molecule has 1 heterocycles. The maximum Gasteiger partial charge on any atom is 0.419 e. The second-order valence-corrected chi connectivity index (χ2v) is 9.33. The standard InChI is InChI=1S/C21H13ClF5N3O3S/c22-15-2-1-3-17(24)19(15)20(31)29-12-5-4-11-10-28-30(18(11)8-12)34(32,33)13-6-7-16(23)14(9-13)21(25,26)27/h1-9,28H,10H2,(H,29,31). The Labute approximate surface area is 195 Å². The lowest BCUT2D eigenvalue weighted by Crippen LogP contribution is -2.38. The van der Waals surface area contributed by atoms with Crippen molar-refractivity contribution in [2.24, 2.45) is 0 Å². The molecule has 0 spiro atoms. The van der Waals surface area contributed by atoms with Crippen LogP contribution in [-0.2, 0) is 22.7 Å². The van der Waals surface area contributed by atoms with Crippen LogP contribution < -0.4 is 15.2 Å². The molecule has 3 aromatic rings. The summed E-state index contributed by atoms with van der Waals surface area (Å²) in [6.45, 7) is 0.00918. The molecule has 178 valence electrons. The molecule has 0 fully saturated rings. The maximum atomic E-state index is 14.0. The minimum atomic E-state index is -5.10. The van der Waals surface area contributed by atoms with Gasteiger partial charge in [-0.05, 0) is 48.0 Å². The molecule has 1 amide bonds. The number of fused-ring (bicyclic) bond motifs is 1. The van der Waals surface area contributed by atoms with Gasteiger partial charge in [0.25, 0.3) is 15.9 Å². The first-order chi connectivity index (χ1) is 15.9. The van der Waals surface area contributed by atoms with Crippen LogP contribution in [0.25, 0.3) is 0 Å². The summed E-state index contributed by atoms with van der Waals surface area (Å²) in [6.07, 6.45) is -5.10. The van der Waals surface area contributed by atoms with Gasteiger partial charge in [0.15, 0.2) is 0 Å². The number of nitrogens with one attached hydrogen (secondary N) is 2. The number of hydrogen-bond donors (Lipinski definition) is 2. The first-order valence-electron chi connectivity index (χ1n) is 9.43. The predicted molar refractivity (Wildman–Crippen MR) is 114 cm³/mol. The lowest BCUT2D eigenvalue weighted by Gasteiger charge is -2.21. The molecule has 1 aliphatic heterocycles. The number of alkyl halides is 3. The van der Waals surface area contributed by atoms with Crippen LogP contribution >= 0.6 is 11.6 Å². The van der Waals surface area contributed by atoms with Crippen molar-refractivity contribution in [3.05, 3.63) is 87.9 Å². The van der Waals surface area contributed by atoms with Crippen LogP contribution in [0.1, 0.15) is 21.5 Å². The van der Waals surface area contributed by atoms with Gasteiger partial charge in [-0.2, -0.15) is 26.0 Å². The average Bonchev–Trinajstić information content (AvgIpc) is 3.17. The Bertz CT molecular complexity index is 1390. The van der Waals surface area contributed by atoms with Gasteiger partial charge in [0.1, 0.15) is 11.6 Å². The van der Waals surface area contributed by atoms with Gasteiger partial charge in [-0.25, -0.2) is 14.2 Å². The molecule has 13 heteroatoms. The van der Waals surface area contributed by atoms with Crippen molar-refractivity contribution >= 4 is 38.9 Å². The van der Waals surface area contributed by atoms with Crippen LogP contribution in [0.5, 0.6) is 0 Å². The van der Waals surface area contributed by atoms with Gasteiger partial charge in [-0.1, -0.05) is 23.7 Å². The molecule has 0 saturated carbocycles. The summed E-state index contributed by atoms with van der Waals surface area (Å²) in [6, 6.07) is 9.16. The molecule has 0 bridgehead atoms. The van der Waals surface area contributed by atoms with Crippen molar-refractivity contribution in [2.45, 2.75) is 17.6 Å². The lowest BCUT2D eigenvalue weighted by atomic mass is 10.1. The fourth-order valence-electron chi connectivity index (χ4n) is 3.33. The monoisotopic (exact) mass is 517 g/mol. The molecule has 0 radical (unpaired) electrons. The van der Waals surface area contributed by atoms with Gasteiger partial charge in [-0.15, -0.1) is 0 Å². The third-order valence-electron chi connectivity index (χ3n) is 4.95. The number of nitrogens with zero attached hydrogens (tertiary/aromatic N) is 1. The van der Waals surface area contributed by atoms with Gasteiger partial charge in [0.2, 0.25) is 0 Å². The highest BCUT2D eigenvalue weighted by atomic mass is 35.5. The number of hydrogen-bond acceptors (Lipinski definition) is 4. The molecule has 0 aliphatic carbocycles. The zero-order valence-electron chi connectivity index (χ0n) is 16.8. The molecule has 0 atom stereocenters. The van der Waals surface area contributed by atoms with Crippen molar-refractivity contribution in [3.8, 4) is 0 Å². The number of anilines is 2. The predicted octanol–water partition coefficient (Wildman–Crippen LogP) is 5.10. The van der Waals surface area contributed by atoms with Crippen molar-refractivity contribution in [1.82, 2.24) is 5.43 Å². The smallest absolute Gasteiger partial charge is 0.322 e. The Morgan fingerprint density at radius 1 is 1.03 bits per heavy atom. The Morgan fingerprint density at radius 2 is 1.76 bits per heavy atom. The van der Waals surface area contributed by atoms with Crippen LogP contribution in [0.2, 0.25) is 5.02 Å². The van der Waals surface area contributed by atoms with E-state index < -0.39 is 49.8 Å². The van der Waals surface area contributed by atoms with E-state index in [0.29, 0.717) is 22.1 Å². The van der Waals surface area contributed by atoms with Crippen molar-refractivity contribution in [3.63, 3.8) is 0 Å². The molecule has 2 N–H and O–H groups in total. The Kier molecular flexibility index (Phi) is 6.00. The topological polar surface area (TPSA) is 78.5 Å². The number of sulfonamides is 1. The molecule has 0 aromatic heterocycles.